The third-order valence-electron chi connectivity index (χ3n) is 2.25. The Hall–Kier alpha value is -2.32. The molecule has 0 rings (SSSR count). The van der Waals surface area contributed by atoms with Crippen molar-refractivity contribution in [2.24, 2.45) is 0 Å². The zero-order chi connectivity index (χ0) is 15.0. The molecule has 19 heavy (non-hydrogen) atoms. The molecule has 108 valence electrons. The van der Waals surface area contributed by atoms with E-state index in [1.165, 1.54) is 7.05 Å². The highest BCUT2D eigenvalue weighted by Crippen LogP contribution is 2.00. The van der Waals surface area contributed by atoms with Gasteiger partial charge in [-0.05, 0) is 6.42 Å². The number of hydrogen-bond donors (Lipinski definition) is 4. The number of aliphatic carboxylic acids is 3. The van der Waals surface area contributed by atoms with Crippen LogP contribution >= 0.6 is 0 Å². The second-order valence-electron chi connectivity index (χ2n) is 3.84. The van der Waals surface area contributed by atoms with Gasteiger partial charge in [0.1, 0.15) is 6.04 Å². The van der Waals surface area contributed by atoms with Crippen LogP contribution in [0.4, 0.5) is 4.79 Å². The second-order valence-corrected chi connectivity index (χ2v) is 3.84. The Kier molecular flexibility index (Phi) is 6.94. The summed E-state index contributed by atoms with van der Waals surface area (Å²) in [6.07, 6.45) is -0.907. The fourth-order valence-corrected chi connectivity index (χ4v) is 1.15. The SMILES string of the molecule is CN(CCC(=O)O)C(=O)N[C@@H](CCC(=O)O)C(=O)O. The zero-order valence-corrected chi connectivity index (χ0v) is 10.3. The maximum Gasteiger partial charge on any atom is 0.326 e. The number of urea groups is 1. The second kappa shape index (κ2) is 7.90. The third-order valence-corrected chi connectivity index (χ3v) is 2.25. The summed E-state index contributed by atoms with van der Waals surface area (Å²) in [5.74, 6) is -3.60. The lowest BCUT2D eigenvalue weighted by atomic mass is 10.1. The van der Waals surface area contributed by atoms with Gasteiger partial charge in [0.15, 0.2) is 0 Å². The average molecular weight is 276 g/mol. The molecule has 9 heteroatoms. The molecule has 9 nitrogen and oxygen atoms in total. The number of hydrogen-bond acceptors (Lipinski definition) is 4. The molecular formula is C10H16N2O7. The molecule has 0 radical (unpaired) electrons. The van der Waals surface area contributed by atoms with E-state index in [9.17, 15) is 19.2 Å². The highest BCUT2D eigenvalue weighted by Gasteiger charge is 2.22. The van der Waals surface area contributed by atoms with Crippen LogP contribution in [-0.4, -0.2) is 63.8 Å². The van der Waals surface area contributed by atoms with E-state index in [1.807, 2.05) is 0 Å². The van der Waals surface area contributed by atoms with Crippen LogP contribution in [-0.2, 0) is 14.4 Å². The van der Waals surface area contributed by atoms with Gasteiger partial charge in [-0.1, -0.05) is 0 Å². The van der Waals surface area contributed by atoms with Crippen molar-refractivity contribution in [2.75, 3.05) is 13.6 Å². The maximum atomic E-state index is 11.5. The Morgan fingerprint density at radius 2 is 1.58 bits per heavy atom. The largest absolute Gasteiger partial charge is 0.481 e. The van der Waals surface area contributed by atoms with Gasteiger partial charge in [-0.15, -0.1) is 0 Å². The summed E-state index contributed by atoms with van der Waals surface area (Å²) in [6, 6.07) is -2.09. The molecule has 0 spiro atoms. The van der Waals surface area contributed by atoms with Crippen LogP contribution in [0.1, 0.15) is 19.3 Å². The molecule has 0 aromatic carbocycles. The molecule has 0 aliphatic rings. The molecule has 1 atom stereocenters. The molecular weight excluding hydrogens is 260 g/mol. The van der Waals surface area contributed by atoms with Crippen LogP contribution in [0.2, 0.25) is 0 Å². The van der Waals surface area contributed by atoms with Crippen LogP contribution in [0.3, 0.4) is 0 Å². The molecule has 0 aromatic heterocycles. The number of nitrogens with zero attached hydrogens (tertiary/aromatic N) is 1. The van der Waals surface area contributed by atoms with Gasteiger partial charge >= 0.3 is 23.9 Å². The van der Waals surface area contributed by atoms with E-state index in [0.29, 0.717) is 0 Å². The molecule has 0 fully saturated rings. The molecule has 0 aliphatic carbocycles. The van der Waals surface area contributed by atoms with E-state index in [4.69, 9.17) is 15.3 Å². The third kappa shape index (κ3) is 7.58. The molecule has 0 saturated carbocycles. The molecule has 0 aromatic rings. The number of amides is 2. The number of carbonyl (C=O) groups excluding carboxylic acids is 1. The van der Waals surface area contributed by atoms with Gasteiger partial charge in [0.2, 0.25) is 0 Å². The predicted molar refractivity (Wildman–Crippen MR) is 61.7 cm³/mol. The van der Waals surface area contributed by atoms with Crippen LogP contribution in [0.25, 0.3) is 0 Å². The fourth-order valence-electron chi connectivity index (χ4n) is 1.15. The Morgan fingerprint density at radius 3 is 2.00 bits per heavy atom. The Morgan fingerprint density at radius 1 is 1.05 bits per heavy atom. The minimum atomic E-state index is -1.35. The minimum Gasteiger partial charge on any atom is -0.481 e. The van der Waals surface area contributed by atoms with Crippen LogP contribution in [0.15, 0.2) is 0 Å². The average Bonchev–Trinajstić information content (AvgIpc) is 2.30. The highest BCUT2D eigenvalue weighted by atomic mass is 16.4. The summed E-state index contributed by atoms with van der Waals surface area (Å²) in [7, 11) is 1.31. The van der Waals surface area contributed by atoms with E-state index in [1.54, 1.807) is 0 Å². The number of rotatable bonds is 8. The normalized spacial score (nSPS) is 11.4. The van der Waals surface area contributed by atoms with E-state index in [0.717, 1.165) is 4.90 Å². The first-order valence-corrected chi connectivity index (χ1v) is 5.42. The Bertz CT molecular complexity index is 369. The van der Waals surface area contributed by atoms with Crippen molar-refractivity contribution in [3.63, 3.8) is 0 Å². The molecule has 0 saturated heterocycles. The topological polar surface area (TPSA) is 144 Å². The molecule has 0 heterocycles. The summed E-state index contributed by atoms with van der Waals surface area (Å²) >= 11 is 0. The van der Waals surface area contributed by atoms with Gasteiger partial charge in [-0.3, -0.25) is 9.59 Å². The fraction of sp³-hybridized carbons (Fsp3) is 0.600. The first kappa shape index (κ1) is 16.7. The monoisotopic (exact) mass is 276 g/mol. The predicted octanol–water partition coefficient (Wildman–Crippen LogP) is -0.579. The quantitative estimate of drug-likeness (QED) is 0.464. The number of nitrogens with one attached hydrogen (secondary N) is 1. The first-order valence-electron chi connectivity index (χ1n) is 5.42. The van der Waals surface area contributed by atoms with Crippen molar-refractivity contribution >= 4 is 23.9 Å². The summed E-state index contributed by atoms with van der Waals surface area (Å²) in [5.41, 5.74) is 0. The van der Waals surface area contributed by atoms with Gasteiger partial charge in [0, 0.05) is 20.0 Å². The number of carboxylic acid groups (broad SMARTS) is 3. The highest BCUT2D eigenvalue weighted by molar-refractivity contribution is 5.83. The lowest BCUT2D eigenvalue weighted by Gasteiger charge is -2.20. The van der Waals surface area contributed by atoms with Gasteiger partial charge < -0.3 is 25.5 Å². The van der Waals surface area contributed by atoms with Crippen molar-refractivity contribution in [1.29, 1.82) is 0 Å². The van der Waals surface area contributed by atoms with Crippen LogP contribution < -0.4 is 5.32 Å². The van der Waals surface area contributed by atoms with Crippen LogP contribution in [0, 0.1) is 0 Å². The maximum absolute atomic E-state index is 11.5. The molecule has 0 aliphatic heterocycles. The Balaban J connectivity index is 4.33. The van der Waals surface area contributed by atoms with E-state index in [2.05, 4.69) is 5.32 Å². The number of carboxylic acids is 3. The van der Waals surface area contributed by atoms with Crippen molar-refractivity contribution in [3.8, 4) is 0 Å². The smallest absolute Gasteiger partial charge is 0.326 e. The Labute approximate surface area is 108 Å². The first-order chi connectivity index (χ1) is 8.73. The van der Waals surface area contributed by atoms with Crippen molar-refractivity contribution in [3.05, 3.63) is 0 Å². The van der Waals surface area contributed by atoms with E-state index >= 15 is 0 Å². The zero-order valence-electron chi connectivity index (χ0n) is 10.3. The molecule has 0 unspecified atom stereocenters. The molecule has 2 amide bonds. The summed E-state index contributed by atoms with van der Waals surface area (Å²) < 4.78 is 0. The van der Waals surface area contributed by atoms with Gasteiger partial charge in [0.05, 0.1) is 6.42 Å². The summed E-state index contributed by atoms with van der Waals surface area (Å²) in [6.45, 7) is -0.0769. The van der Waals surface area contributed by atoms with Crippen molar-refractivity contribution in [2.45, 2.75) is 25.3 Å². The summed E-state index contributed by atoms with van der Waals surface area (Å²) in [5, 5.41) is 27.8. The van der Waals surface area contributed by atoms with Crippen LogP contribution in [0.5, 0.6) is 0 Å². The van der Waals surface area contributed by atoms with E-state index < -0.39 is 36.4 Å². The minimum absolute atomic E-state index is 0.0769. The summed E-state index contributed by atoms with van der Waals surface area (Å²) in [4.78, 5) is 44.0. The lowest BCUT2D eigenvalue weighted by Crippen LogP contribution is -2.47. The van der Waals surface area contributed by atoms with Gasteiger partial charge in [-0.2, -0.15) is 0 Å². The lowest BCUT2D eigenvalue weighted by molar-refractivity contribution is -0.141. The molecule has 4 N–H and O–H groups in total. The van der Waals surface area contributed by atoms with Gasteiger partial charge in [0.25, 0.3) is 0 Å². The van der Waals surface area contributed by atoms with Gasteiger partial charge in [-0.25, -0.2) is 9.59 Å². The molecule has 0 bridgehead atoms. The van der Waals surface area contributed by atoms with Crippen molar-refractivity contribution in [1.82, 2.24) is 10.2 Å². The van der Waals surface area contributed by atoms with E-state index in [-0.39, 0.29) is 19.4 Å². The van der Waals surface area contributed by atoms with Crippen molar-refractivity contribution < 1.29 is 34.5 Å². The number of carbonyl (C=O) groups is 4. The standard InChI is InChI=1S/C10H16N2O7/c1-12(5-4-8(15)16)10(19)11-6(9(17)18)2-3-7(13)14/h6H,2-5H2,1H3,(H,11,19)(H,13,14)(H,15,16)(H,17,18)/t6-/m0/s1.